The van der Waals surface area contributed by atoms with Gasteiger partial charge in [-0.1, -0.05) is 23.7 Å². The zero-order valence-corrected chi connectivity index (χ0v) is 16.7. The molecule has 5 nitrogen and oxygen atoms in total. The second kappa shape index (κ2) is 8.95. The fourth-order valence-electron chi connectivity index (χ4n) is 2.44. The zero-order valence-electron chi connectivity index (χ0n) is 14.4. The van der Waals surface area contributed by atoms with Crippen molar-refractivity contribution in [3.05, 3.63) is 87.2 Å². The van der Waals surface area contributed by atoms with Gasteiger partial charge >= 0.3 is 0 Å². The number of amides is 2. The second-order valence-corrected chi connectivity index (χ2v) is 7.14. The maximum atomic E-state index is 13.8. The van der Waals surface area contributed by atoms with Crippen LogP contribution >= 0.6 is 27.5 Å². The SMILES string of the molecule is O=C(Cc1c(F)cccc1Cl)Nc1cccc(C(=O)Nc2ccc(Br)cn2)c1. The standard InChI is InChI=1S/C20H14BrClFN3O2/c21-13-7-8-18(24-11-13)26-20(28)12-3-1-4-14(9-12)25-19(27)10-15-16(22)5-2-6-17(15)23/h1-9,11H,10H2,(H,25,27)(H,24,26,28). The number of carbonyl (C=O) groups is 2. The van der Waals surface area contributed by atoms with E-state index in [1.807, 2.05) is 0 Å². The van der Waals surface area contributed by atoms with E-state index in [0.29, 0.717) is 17.1 Å². The average Bonchev–Trinajstić information content (AvgIpc) is 2.67. The minimum atomic E-state index is -0.544. The normalized spacial score (nSPS) is 10.4. The summed E-state index contributed by atoms with van der Waals surface area (Å²) in [6.07, 6.45) is 1.35. The van der Waals surface area contributed by atoms with Crippen LogP contribution in [-0.2, 0) is 11.2 Å². The zero-order chi connectivity index (χ0) is 20.1. The van der Waals surface area contributed by atoms with Crippen molar-refractivity contribution in [1.29, 1.82) is 0 Å². The maximum absolute atomic E-state index is 13.8. The number of hydrogen-bond donors (Lipinski definition) is 2. The quantitative estimate of drug-likeness (QED) is 0.556. The third kappa shape index (κ3) is 5.15. The van der Waals surface area contributed by atoms with Gasteiger partial charge in [-0.2, -0.15) is 0 Å². The first-order chi connectivity index (χ1) is 13.4. The van der Waals surface area contributed by atoms with Gasteiger partial charge in [-0.3, -0.25) is 9.59 Å². The summed E-state index contributed by atoms with van der Waals surface area (Å²) in [6, 6.07) is 14.1. The predicted octanol–water partition coefficient (Wildman–Crippen LogP) is 5.07. The molecule has 3 rings (SSSR count). The molecule has 0 fully saturated rings. The third-order valence-electron chi connectivity index (χ3n) is 3.78. The molecule has 0 atom stereocenters. The number of carbonyl (C=O) groups excluding carboxylic acids is 2. The highest BCUT2D eigenvalue weighted by Gasteiger charge is 2.13. The van der Waals surface area contributed by atoms with Crippen LogP contribution in [0.25, 0.3) is 0 Å². The Balaban J connectivity index is 1.68. The highest BCUT2D eigenvalue weighted by Crippen LogP contribution is 2.20. The molecule has 2 N–H and O–H groups in total. The smallest absolute Gasteiger partial charge is 0.256 e. The van der Waals surface area contributed by atoms with Gasteiger partial charge in [-0.25, -0.2) is 9.37 Å². The van der Waals surface area contributed by atoms with Gasteiger partial charge in [0.05, 0.1) is 6.42 Å². The summed E-state index contributed by atoms with van der Waals surface area (Å²) in [5.74, 6) is -0.961. The summed E-state index contributed by atoms with van der Waals surface area (Å²) >= 11 is 9.22. The van der Waals surface area contributed by atoms with E-state index >= 15 is 0 Å². The lowest BCUT2D eigenvalue weighted by Crippen LogP contribution is -2.17. The molecule has 1 heterocycles. The Hall–Kier alpha value is -2.77. The van der Waals surface area contributed by atoms with Crippen molar-refractivity contribution in [3.63, 3.8) is 0 Å². The van der Waals surface area contributed by atoms with Gasteiger partial charge in [-0.05, 0) is 58.4 Å². The Morgan fingerprint density at radius 1 is 1.07 bits per heavy atom. The molecule has 2 amide bonds. The molecule has 28 heavy (non-hydrogen) atoms. The number of pyridine rings is 1. The molecule has 0 bridgehead atoms. The van der Waals surface area contributed by atoms with Crippen LogP contribution in [0.15, 0.2) is 65.3 Å². The first-order valence-corrected chi connectivity index (χ1v) is 9.35. The van der Waals surface area contributed by atoms with Gasteiger partial charge < -0.3 is 10.6 Å². The Kier molecular flexibility index (Phi) is 6.38. The Labute approximate surface area is 174 Å². The van der Waals surface area contributed by atoms with Crippen molar-refractivity contribution < 1.29 is 14.0 Å². The number of halogens is 3. The lowest BCUT2D eigenvalue weighted by atomic mass is 10.1. The summed E-state index contributed by atoms with van der Waals surface area (Å²) < 4.78 is 14.6. The summed E-state index contributed by atoms with van der Waals surface area (Å²) in [7, 11) is 0. The molecule has 0 aliphatic rings. The summed E-state index contributed by atoms with van der Waals surface area (Å²) in [5.41, 5.74) is 0.872. The fourth-order valence-corrected chi connectivity index (χ4v) is 2.91. The molecular formula is C20H14BrClFN3O2. The van der Waals surface area contributed by atoms with Crippen LogP contribution in [0.2, 0.25) is 5.02 Å². The molecule has 0 aliphatic heterocycles. The first kappa shape index (κ1) is 20.0. The van der Waals surface area contributed by atoms with Crippen molar-refractivity contribution in [1.82, 2.24) is 4.98 Å². The average molecular weight is 463 g/mol. The maximum Gasteiger partial charge on any atom is 0.256 e. The van der Waals surface area contributed by atoms with Gasteiger partial charge in [0.15, 0.2) is 0 Å². The van der Waals surface area contributed by atoms with Gasteiger partial charge in [0.25, 0.3) is 5.91 Å². The molecule has 0 aliphatic carbocycles. The van der Waals surface area contributed by atoms with E-state index in [-0.39, 0.29) is 22.9 Å². The molecule has 0 unspecified atom stereocenters. The minimum Gasteiger partial charge on any atom is -0.326 e. The second-order valence-electron chi connectivity index (χ2n) is 5.82. The van der Waals surface area contributed by atoms with Crippen LogP contribution in [0.5, 0.6) is 0 Å². The van der Waals surface area contributed by atoms with Crippen LogP contribution in [-0.4, -0.2) is 16.8 Å². The topological polar surface area (TPSA) is 71.1 Å². The van der Waals surface area contributed by atoms with Crippen molar-refractivity contribution in [2.24, 2.45) is 0 Å². The number of nitrogens with one attached hydrogen (secondary N) is 2. The van der Waals surface area contributed by atoms with Crippen LogP contribution in [0.4, 0.5) is 15.9 Å². The molecule has 8 heteroatoms. The van der Waals surface area contributed by atoms with E-state index in [4.69, 9.17) is 11.6 Å². The predicted molar refractivity (Wildman–Crippen MR) is 110 cm³/mol. The number of hydrogen-bond acceptors (Lipinski definition) is 3. The Morgan fingerprint density at radius 3 is 2.57 bits per heavy atom. The number of rotatable bonds is 5. The monoisotopic (exact) mass is 461 g/mol. The lowest BCUT2D eigenvalue weighted by Gasteiger charge is -2.09. The number of nitrogens with zero attached hydrogens (tertiary/aromatic N) is 1. The van der Waals surface area contributed by atoms with Crippen LogP contribution < -0.4 is 10.6 Å². The van der Waals surface area contributed by atoms with Gasteiger partial charge in [0, 0.05) is 32.5 Å². The molecule has 2 aromatic carbocycles. The van der Waals surface area contributed by atoms with E-state index in [1.165, 1.54) is 24.3 Å². The lowest BCUT2D eigenvalue weighted by molar-refractivity contribution is -0.115. The molecule has 1 aromatic heterocycles. The van der Waals surface area contributed by atoms with E-state index in [9.17, 15) is 14.0 Å². The highest BCUT2D eigenvalue weighted by atomic mass is 79.9. The van der Waals surface area contributed by atoms with Crippen molar-refractivity contribution in [2.45, 2.75) is 6.42 Å². The summed E-state index contributed by atoms with van der Waals surface area (Å²) in [6.45, 7) is 0. The van der Waals surface area contributed by atoms with Crippen LogP contribution in [0, 0.1) is 5.82 Å². The summed E-state index contributed by atoms with van der Waals surface area (Å²) in [5, 5.41) is 5.50. The number of benzene rings is 2. The minimum absolute atomic E-state index is 0.122. The van der Waals surface area contributed by atoms with Crippen molar-refractivity contribution in [2.75, 3.05) is 10.6 Å². The Bertz CT molecular complexity index is 1010. The largest absolute Gasteiger partial charge is 0.326 e. The third-order valence-corrected chi connectivity index (χ3v) is 4.60. The number of aromatic nitrogens is 1. The van der Waals surface area contributed by atoms with E-state index in [1.54, 1.807) is 36.5 Å². The van der Waals surface area contributed by atoms with Gasteiger partial charge in [-0.15, -0.1) is 0 Å². The molecule has 3 aromatic rings. The fraction of sp³-hybridized carbons (Fsp3) is 0.0500. The van der Waals surface area contributed by atoms with Crippen LogP contribution in [0.3, 0.4) is 0 Å². The molecule has 0 radical (unpaired) electrons. The van der Waals surface area contributed by atoms with E-state index in [0.717, 1.165) is 4.47 Å². The van der Waals surface area contributed by atoms with Crippen molar-refractivity contribution in [3.8, 4) is 0 Å². The molecule has 0 spiro atoms. The van der Waals surface area contributed by atoms with E-state index < -0.39 is 11.7 Å². The van der Waals surface area contributed by atoms with Gasteiger partial charge in [0.1, 0.15) is 11.6 Å². The molecule has 142 valence electrons. The summed E-state index contributed by atoms with van der Waals surface area (Å²) in [4.78, 5) is 28.7. The highest BCUT2D eigenvalue weighted by molar-refractivity contribution is 9.10. The van der Waals surface area contributed by atoms with Crippen LogP contribution in [0.1, 0.15) is 15.9 Å². The molecular weight excluding hydrogens is 449 g/mol. The first-order valence-electron chi connectivity index (χ1n) is 8.18. The van der Waals surface area contributed by atoms with E-state index in [2.05, 4.69) is 31.5 Å². The van der Waals surface area contributed by atoms with Gasteiger partial charge in [0.2, 0.25) is 5.91 Å². The molecule has 0 saturated carbocycles. The molecule has 0 saturated heterocycles. The Morgan fingerprint density at radius 2 is 1.86 bits per heavy atom. The number of anilines is 2. The van der Waals surface area contributed by atoms with Crippen molar-refractivity contribution >= 4 is 50.9 Å².